The summed E-state index contributed by atoms with van der Waals surface area (Å²) in [5, 5.41) is 11.9. The second kappa shape index (κ2) is 13.2. The number of ether oxygens (including phenoxy) is 1. The van der Waals surface area contributed by atoms with E-state index >= 15 is 0 Å². The number of carbonyl (C=O) groups is 2. The highest BCUT2D eigenvalue weighted by Crippen LogP contribution is 2.21. The molecule has 8 heteroatoms. The molecule has 0 aliphatic carbocycles. The van der Waals surface area contributed by atoms with Crippen LogP contribution in [0.2, 0.25) is 0 Å². The van der Waals surface area contributed by atoms with Crippen LogP contribution in [-0.4, -0.2) is 23.0 Å². The van der Waals surface area contributed by atoms with Crippen molar-refractivity contribution in [3.05, 3.63) is 114 Å². The molecule has 4 aromatic rings. The molecule has 0 fully saturated rings. The number of hydrogen-bond donors (Lipinski definition) is 4. The molecule has 0 radical (unpaired) electrons. The number of anilines is 4. The highest BCUT2D eigenvalue weighted by atomic mass is 32.1. The molecule has 0 heterocycles. The van der Waals surface area contributed by atoms with Gasteiger partial charge in [-0.1, -0.05) is 37.3 Å². The Morgan fingerprint density at radius 3 is 2.05 bits per heavy atom. The van der Waals surface area contributed by atoms with Crippen LogP contribution in [0.25, 0.3) is 0 Å². The molecule has 0 saturated heterocycles. The summed E-state index contributed by atoms with van der Waals surface area (Å²) in [7, 11) is 0. The average molecular weight is 539 g/mol. The van der Waals surface area contributed by atoms with Gasteiger partial charge in [0.1, 0.15) is 5.75 Å². The van der Waals surface area contributed by atoms with Gasteiger partial charge in [-0.05, 0) is 98.4 Å². The van der Waals surface area contributed by atoms with Gasteiger partial charge in [-0.2, -0.15) is 0 Å². The van der Waals surface area contributed by atoms with E-state index in [0.717, 1.165) is 17.8 Å². The number of para-hydroxylation sites is 2. The van der Waals surface area contributed by atoms with Crippen molar-refractivity contribution in [3.63, 3.8) is 0 Å². The first-order chi connectivity index (χ1) is 18.9. The Balaban J connectivity index is 1.35. The fourth-order valence-corrected chi connectivity index (χ4v) is 3.85. The topological polar surface area (TPSA) is 91.5 Å². The zero-order chi connectivity index (χ0) is 27.6. The molecule has 1 unspecified atom stereocenters. The first kappa shape index (κ1) is 27.3. The van der Waals surface area contributed by atoms with E-state index in [9.17, 15) is 9.59 Å². The molecular formula is C31H30N4O3S. The minimum Gasteiger partial charge on any atom is -0.491 e. The molecular weight excluding hydrogens is 508 g/mol. The molecule has 39 heavy (non-hydrogen) atoms. The SMILES string of the molecule is CCC(C)Oc1ccc(C(=O)NC(=S)Nc2ccccc2C(=O)Nc2ccc(Nc3ccccc3)cc2)cc1. The highest BCUT2D eigenvalue weighted by Gasteiger charge is 2.14. The molecule has 0 aromatic heterocycles. The Morgan fingerprint density at radius 1 is 0.744 bits per heavy atom. The summed E-state index contributed by atoms with van der Waals surface area (Å²) in [6.45, 7) is 4.04. The summed E-state index contributed by atoms with van der Waals surface area (Å²) in [6.07, 6.45) is 0.981. The third kappa shape index (κ3) is 7.90. The first-order valence-corrected chi connectivity index (χ1v) is 13.0. The molecule has 2 amide bonds. The van der Waals surface area contributed by atoms with Crippen molar-refractivity contribution in [2.45, 2.75) is 26.4 Å². The molecule has 198 valence electrons. The quantitative estimate of drug-likeness (QED) is 0.172. The molecule has 7 nitrogen and oxygen atoms in total. The highest BCUT2D eigenvalue weighted by molar-refractivity contribution is 7.80. The third-order valence-electron chi connectivity index (χ3n) is 5.88. The maximum absolute atomic E-state index is 13.1. The van der Waals surface area contributed by atoms with Crippen molar-refractivity contribution >= 4 is 51.9 Å². The number of hydrogen-bond acceptors (Lipinski definition) is 5. The fraction of sp³-hybridized carbons (Fsp3) is 0.129. The van der Waals surface area contributed by atoms with Gasteiger partial charge in [-0.25, -0.2) is 0 Å². The van der Waals surface area contributed by atoms with Gasteiger partial charge in [-0.3, -0.25) is 14.9 Å². The van der Waals surface area contributed by atoms with Crippen molar-refractivity contribution in [1.82, 2.24) is 5.32 Å². The Bertz CT molecular complexity index is 1420. The van der Waals surface area contributed by atoms with E-state index < -0.39 is 0 Å². The Morgan fingerprint density at radius 2 is 1.36 bits per heavy atom. The zero-order valence-corrected chi connectivity index (χ0v) is 22.5. The first-order valence-electron chi connectivity index (χ1n) is 12.6. The van der Waals surface area contributed by atoms with Crippen LogP contribution in [0.5, 0.6) is 5.75 Å². The van der Waals surface area contributed by atoms with Crippen LogP contribution in [0.1, 0.15) is 41.0 Å². The van der Waals surface area contributed by atoms with Gasteiger partial charge in [0, 0.05) is 22.6 Å². The maximum atomic E-state index is 13.1. The summed E-state index contributed by atoms with van der Waals surface area (Å²) < 4.78 is 5.76. The number of thiocarbonyl (C=S) groups is 1. The van der Waals surface area contributed by atoms with Crippen LogP contribution in [0.4, 0.5) is 22.7 Å². The molecule has 0 aliphatic heterocycles. The summed E-state index contributed by atoms with van der Waals surface area (Å²) in [5.74, 6) is 0.0188. The van der Waals surface area contributed by atoms with Crippen LogP contribution in [0, 0.1) is 0 Å². The Kier molecular flexibility index (Phi) is 9.26. The molecule has 4 aromatic carbocycles. The average Bonchev–Trinajstić information content (AvgIpc) is 2.95. The van der Waals surface area contributed by atoms with Gasteiger partial charge in [0.05, 0.1) is 17.4 Å². The van der Waals surface area contributed by atoms with Crippen LogP contribution >= 0.6 is 12.2 Å². The lowest BCUT2D eigenvalue weighted by molar-refractivity contribution is 0.0976. The van der Waals surface area contributed by atoms with Gasteiger partial charge in [0.2, 0.25) is 0 Å². The molecule has 0 saturated carbocycles. The van der Waals surface area contributed by atoms with E-state index in [1.54, 1.807) is 48.5 Å². The fourth-order valence-electron chi connectivity index (χ4n) is 3.64. The van der Waals surface area contributed by atoms with E-state index in [1.165, 1.54) is 0 Å². The van der Waals surface area contributed by atoms with Crippen molar-refractivity contribution in [2.24, 2.45) is 0 Å². The lowest BCUT2D eigenvalue weighted by atomic mass is 10.1. The summed E-state index contributed by atoms with van der Waals surface area (Å²) in [6, 6.07) is 31.1. The Hall–Kier alpha value is -4.69. The molecule has 0 aliphatic rings. The second-order valence-corrected chi connectivity index (χ2v) is 9.25. The van der Waals surface area contributed by atoms with Gasteiger partial charge in [0.25, 0.3) is 11.8 Å². The smallest absolute Gasteiger partial charge is 0.257 e. The van der Waals surface area contributed by atoms with E-state index in [0.29, 0.717) is 28.3 Å². The van der Waals surface area contributed by atoms with Gasteiger partial charge in [0.15, 0.2) is 5.11 Å². The lowest BCUT2D eigenvalue weighted by Gasteiger charge is -2.15. The molecule has 0 bridgehead atoms. The monoisotopic (exact) mass is 538 g/mol. The van der Waals surface area contributed by atoms with Crippen molar-refractivity contribution in [1.29, 1.82) is 0 Å². The lowest BCUT2D eigenvalue weighted by Crippen LogP contribution is -2.34. The van der Waals surface area contributed by atoms with Crippen molar-refractivity contribution in [2.75, 3.05) is 16.0 Å². The van der Waals surface area contributed by atoms with Crippen molar-refractivity contribution in [3.8, 4) is 5.75 Å². The number of nitrogens with one attached hydrogen (secondary N) is 4. The summed E-state index contributed by atoms with van der Waals surface area (Å²) in [4.78, 5) is 25.7. The normalized spacial score (nSPS) is 11.1. The molecule has 0 spiro atoms. The number of carbonyl (C=O) groups excluding carboxylic acids is 2. The third-order valence-corrected chi connectivity index (χ3v) is 6.08. The van der Waals surface area contributed by atoms with E-state index in [-0.39, 0.29) is 23.0 Å². The largest absolute Gasteiger partial charge is 0.491 e. The standard InChI is InChI=1S/C31H30N4O3S/c1-3-21(2)38-26-19-13-22(14-20-26)29(36)35-31(39)34-28-12-8-7-11-27(28)30(37)33-25-17-15-24(16-18-25)32-23-9-5-4-6-10-23/h4-21,32H,3H2,1-2H3,(H,33,37)(H2,34,35,36,39). The Labute approximate surface area is 233 Å². The predicted molar refractivity (Wildman–Crippen MR) is 161 cm³/mol. The number of rotatable bonds is 9. The van der Waals surface area contributed by atoms with Gasteiger partial charge < -0.3 is 20.7 Å². The molecule has 1 atom stereocenters. The molecule has 4 rings (SSSR count). The van der Waals surface area contributed by atoms with E-state index in [1.807, 2.05) is 68.4 Å². The number of amides is 2. The number of benzene rings is 4. The van der Waals surface area contributed by atoms with E-state index in [4.69, 9.17) is 17.0 Å². The molecule has 4 N–H and O–H groups in total. The van der Waals surface area contributed by atoms with Gasteiger partial charge >= 0.3 is 0 Å². The zero-order valence-electron chi connectivity index (χ0n) is 21.7. The summed E-state index contributed by atoms with van der Waals surface area (Å²) >= 11 is 5.35. The predicted octanol–water partition coefficient (Wildman–Crippen LogP) is 6.99. The van der Waals surface area contributed by atoms with Crippen LogP contribution in [0.15, 0.2) is 103 Å². The summed E-state index contributed by atoms with van der Waals surface area (Å²) in [5.41, 5.74) is 3.81. The van der Waals surface area contributed by atoms with Crippen LogP contribution in [0.3, 0.4) is 0 Å². The maximum Gasteiger partial charge on any atom is 0.257 e. The van der Waals surface area contributed by atoms with Crippen molar-refractivity contribution < 1.29 is 14.3 Å². The van der Waals surface area contributed by atoms with Gasteiger partial charge in [-0.15, -0.1) is 0 Å². The minimum absolute atomic E-state index is 0.0801. The van der Waals surface area contributed by atoms with Crippen LogP contribution in [-0.2, 0) is 0 Å². The minimum atomic E-state index is -0.367. The van der Waals surface area contributed by atoms with E-state index in [2.05, 4.69) is 21.3 Å². The van der Waals surface area contributed by atoms with Crippen LogP contribution < -0.4 is 26.0 Å². The second-order valence-electron chi connectivity index (χ2n) is 8.84.